The Kier molecular flexibility index (Phi) is 4.12. The lowest BCUT2D eigenvalue weighted by atomic mass is 9.98. The fourth-order valence-corrected chi connectivity index (χ4v) is 2.73. The van der Waals surface area contributed by atoms with Crippen molar-refractivity contribution in [3.05, 3.63) is 64.2 Å². The van der Waals surface area contributed by atoms with Crippen LogP contribution >= 0.6 is 23.8 Å². The van der Waals surface area contributed by atoms with Crippen LogP contribution in [0.5, 0.6) is 0 Å². The van der Waals surface area contributed by atoms with Gasteiger partial charge in [-0.2, -0.15) is 13.2 Å². The molecule has 2 nitrogen and oxygen atoms in total. The van der Waals surface area contributed by atoms with Gasteiger partial charge in [0.2, 0.25) is 0 Å². The molecule has 0 aliphatic carbocycles. The van der Waals surface area contributed by atoms with Crippen LogP contribution in [0.3, 0.4) is 0 Å². The van der Waals surface area contributed by atoms with Gasteiger partial charge in [-0.15, -0.1) is 0 Å². The molecule has 0 radical (unpaired) electrons. The average Bonchev–Trinajstić information content (AvgIpc) is 2.65. The average molecular weight is 355 g/mol. The summed E-state index contributed by atoms with van der Waals surface area (Å²) in [6, 6.07) is 10.3. The minimum Gasteiger partial charge on any atom is -0.348 e. The van der Waals surface area contributed by atoms with Crippen molar-refractivity contribution in [2.75, 3.05) is 11.9 Å². The number of nitrogens with one attached hydrogen (secondary N) is 1. The molecular formula is C16H10ClF3N2S. The van der Waals surface area contributed by atoms with E-state index >= 15 is 0 Å². The molecule has 2 aromatic rings. The second-order valence-corrected chi connectivity index (χ2v) is 5.85. The smallest absolute Gasteiger partial charge is 0.348 e. The highest BCUT2D eigenvalue weighted by atomic mass is 35.5. The van der Waals surface area contributed by atoms with Gasteiger partial charge in [0.1, 0.15) is 4.99 Å². The number of hydrogen-bond acceptors (Lipinski definition) is 2. The Labute approximate surface area is 141 Å². The number of benzodiazepines with no additional fused rings is 1. The molecule has 23 heavy (non-hydrogen) atoms. The lowest BCUT2D eigenvalue weighted by Gasteiger charge is -2.14. The molecule has 0 saturated carbocycles. The van der Waals surface area contributed by atoms with Crippen LogP contribution in [0.2, 0.25) is 5.02 Å². The van der Waals surface area contributed by atoms with Gasteiger partial charge in [-0.05, 0) is 24.3 Å². The monoisotopic (exact) mass is 354 g/mol. The largest absolute Gasteiger partial charge is 0.416 e. The van der Waals surface area contributed by atoms with E-state index in [1.165, 1.54) is 6.07 Å². The van der Waals surface area contributed by atoms with Gasteiger partial charge >= 0.3 is 6.18 Å². The molecule has 0 aromatic heterocycles. The molecule has 1 N–H and O–H groups in total. The molecule has 0 amide bonds. The summed E-state index contributed by atoms with van der Waals surface area (Å²) < 4.78 is 39.1. The Balaban J connectivity index is 2.23. The number of alkyl halides is 3. The molecule has 3 rings (SSSR count). The zero-order valence-corrected chi connectivity index (χ0v) is 13.2. The standard InChI is InChI=1S/C16H10ClF3N2S/c17-12-4-2-1-3-10(12)15-11-7-9(16(18,19)20)5-6-13(11)22-14(23)8-21-15/h1-7H,8H2,(H,22,23). The lowest BCUT2D eigenvalue weighted by molar-refractivity contribution is -0.137. The molecule has 1 aliphatic heterocycles. The maximum Gasteiger partial charge on any atom is 0.416 e. The molecule has 0 bridgehead atoms. The summed E-state index contributed by atoms with van der Waals surface area (Å²) in [5.41, 5.74) is 1.03. The van der Waals surface area contributed by atoms with Gasteiger partial charge < -0.3 is 5.32 Å². The highest BCUT2D eigenvalue weighted by molar-refractivity contribution is 7.80. The van der Waals surface area contributed by atoms with Crippen molar-refractivity contribution in [2.45, 2.75) is 6.18 Å². The first-order chi connectivity index (χ1) is 10.9. The Bertz CT molecular complexity index is 815. The van der Waals surface area contributed by atoms with Crippen LogP contribution in [-0.4, -0.2) is 17.2 Å². The minimum absolute atomic E-state index is 0.186. The van der Waals surface area contributed by atoms with E-state index in [9.17, 15) is 13.2 Å². The van der Waals surface area contributed by atoms with E-state index in [2.05, 4.69) is 10.3 Å². The quantitative estimate of drug-likeness (QED) is 0.733. The fourth-order valence-electron chi connectivity index (χ4n) is 2.33. The van der Waals surface area contributed by atoms with Gasteiger partial charge in [0.15, 0.2) is 0 Å². The Morgan fingerprint density at radius 2 is 1.83 bits per heavy atom. The van der Waals surface area contributed by atoms with E-state index in [1.54, 1.807) is 24.3 Å². The van der Waals surface area contributed by atoms with Crippen LogP contribution in [0, 0.1) is 0 Å². The van der Waals surface area contributed by atoms with Crippen molar-refractivity contribution in [2.24, 2.45) is 4.99 Å². The van der Waals surface area contributed by atoms with E-state index < -0.39 is 11.7 Å². The minimum atomic E-state index is -4.44. The van der Waals surface area contributed by atoms with Crippen molar-refractivity contribution in [1.82, 2.24) is 0 Å². The number of rotatable bonds is 1. The zero-order chi connectivity index (χ0) is 16.6. The van der Waals surface area contributed by atoms with Crippen molar-refractivity contribution in [3.8, 4) is 0 Å². The van der Waals surface area contributed by atoms with Crippen LogP contribution in [0.4, 0.5) is 18.9 Å². The second-order valence-electron chi connectivity index (χ2n) is 4.95. The zero-order valence-electron chi connectivity index (χ0n) is 11.6. The number of halogens is 4. The first-order valence-electron chi connectivity index (χ1n) is 6.67. The maximum atomic E-state index is 13.0. The number of anilines is 1. The molecule has 0 atom stereocenters. The predicted molar refractivity (Wildman–Crippen MR) is 89.6 cm³/mol. The summed E-state index contributed by atoms with van der Waals surface area (Å²) in [4.78, 5) is 4.80. The summed E-state index contributed by atoms with van der Waals surface area (Å²) in [5.74, 6) is 0. The fraction of sp³-hybridized carbons (Fsp3) is 0.125. The summed E-state index contributed by atoms with van der Waals surface area (Å²) in [7, 11) is 0. The Morgan fingerprint density at radius 3 is 2.52 bits per heavy atom. The van der Waals surface area contributed by atoms with Crippen molar-refractivity contribution in [3.63, 3.8) is 0 Å². The molecule has 1 heterocycles. The molecule has 0 unspecified atom stereocenters. The van der Waals surface area contributed by atoms with Crippen LogP contribution in [0.1, 0.15) is 16.7 Å². The molecule has 0 spiro atoms. The van der Waals surface area contributed by atoms with Crippen molar-refractivity contribution in [1.29, 1.82) is 0 Å². The van der Waals surface area contributed by atoms with Crippen molar-refractivity contribution < 1.29 is 13.2 Å². The molecule has 2 aromatic carbocycles. The molecular weight excluding hydrogens is 345 g/mol. The van der Waals surface area contributed by atoms with Gasteiger partial charge in [0, 0.05) is 21.8 Å². The van der Waals surface area contributed by atoms with Crippen molar-refractivity contribution >= 4 is 40.2 Å². The van der Waals surface area contributed by atoms with Crippen LogP contribution < -0.4 is 5.32 Å². The third-order valence-corrected chi connectivity index (χ3v) is 3.95. The number of hydrogen-bond donors (Lipinski definition) is 1. The van der Waals surface area contributed by atoms with Gasteiger partial charge in [0.05, 0.1) is 17.8 Å². The molecule has 118 valence electrons. The first kappa shape index (κ1) is 16.0. The predicted octanol–water partition coefficient (Wildman–Crippen LogP) is 4.95. The number of thiocarbonyl (C=S) groups is 1. The molecule has 1 aliphatic rings. The van der Waals surface area contributed by atoms with E-state index in [0.717, 1.165) is 12.1 Å². The van der Waals surface area contributed by atoms with Gasteiger partial charge in [-0.3, -0.25) is 4.99 Å². The number of benzene rings is 2. The summed E-state index contributed by atoms with van der Waals surface area (Å²) >= 11 is 11.3. The SMILES string of the molecule is FC(F)(F)c1ccc2c(c1)C(c1ccccc1Cl)=NCC(=S)N2. The van der Waals surface area contributed by atoms with Gasteiger partial charge in [-0.25, -0.2) is 0 Å². The van der Waals surface area contributed by atoms with E-state index in [-0.39, 0.29) is 6.54 Å². The molecule has 0 fully saturated rings. The Hall–Kier alpha value is -1.92. The van der Waals surface area contributed by atoms with E-state index in [4.69, 9.17) is 23.8 Å². The highest BCUT2D eigenvalue weighted by Crippen LogP contribution is 2.34. The normalized spacial score (nSPS) is 14.6. The van der Waals surface area contributed by atoms with Gasteiger partial charge in [0.25, 0.3) is 0 Å². The number of nitrogens with zero attached hydrogens (tertiary/aromatic N) is 1. The van der Waals surface area contributed by atoms with Crippen LogP contribution in [0.15, 0.2) is 47.5 Å². The first-order valence-corrected chi connectivity index (χ1v) is 7.46. The molecule has 7 heteroatoms. The van der Waals surface area contributed by atoms with Crippen LogP contribution in [-0.2, 0) is 6.18 Å². The highest BCUT2D eigenvalue weighted by Gasteiger charge is 2.32. The number of aliphatic imine (C=N–C) groups is 1. The summed E-state index contributed by atoms with van der Waals surface area (Å²) in [6.07, 6.45) is -4.44. The van der Waals surface area contributed by atoms with Crippen LogP contribution in [0.25, 0.3) is 0 Å². The Morgan fingerprint density at radius 1 is 1.09 bits per heavy atom. The maximum absolute atomic E-state index is 13.0. The third kappa shape index (κ3) is 3.23. The number of fused-ring (bicyclic) bond motifs is 1. The topological polar surface area (TPSA) is 24.4 Å². The summed E-state index contributed by atoms with van der Waals surface area (Å²) in [5, 5.41) is 3.35. The van der Waals surface area contributed by atoms with Gasteiger partial charge in [-0.1, -0.05) is 42.0 Å². The second kappa shape index (κ2) is 5.94. The third-order valence-electron chi connectivity index (χ3n) is 3.39. The summed E-state index contributed by atoms with van der Waals surface area (Å²) in [6.45, 7) is 0.186. The lowest BCUT2D eigenvalue weighted by Crippen LogP contribution is -2.12. The van der Waals surface area contributed by atoms with E-state index in [0.29, 0.717) is 32.5 Å². The van der Waals surface area contributed by atoms with E-state index in [1.807, 2.05) is 0 Å². The molecule has 0 saturated heterocycles.